The topological polar surface area (TPSA) is 84.1 Å². The van der Waals surface area contributed by atoms with Gasteiger partial charge in [-0.15, -0.1) is 0 Å². The Labute approximate surface area is 172 Å². The number of anilines is 2. The van der Waals surface area contributed by atoms with Gasteiger partial charge in [0.25, 0.3) is 0 Å². The molecule has 4 rings (SSSR count). The van der Waals surface area contributed by atoms with Crippen molar-refractivity contribution in [3.8, 4) is 17.0 Å². The van der Waals surface area contributed by atoms with E-state index in [1.807, 2.05) is 48.5 Å². The zero-order valence-corrected chi connectivity index (χ0v) is 16.9. The van der Waals surface area contributed by atoms with Gasteiger partial charge in [0.1, 0.15) is 11.5 Å². The van der Waals surface area contributed by atoms with Crippen LogP contribution in [0.3, 0.4) is 0 Å². The first kappa shape index (κ1) is 19.4. The zero-order valence-electron chi connectivity index (χ0n) is 16.9. The first-order valence-corrected chi connectivity index (χ1v) is 10.4. The summed E-state index contributed by atoms with van der Waals surface area (Å²) in [5.74, 6) is 1.70. The fraction of sp³-hybridized carbons (Fsp3) is 0.333. The summed E-state index contributed by atoms with van der Waals surface area (Å²) < 4.78 is 0. The van der Waals surface area contributed by atoms with Crippen LogP contribution < -0.4 is 11.1 Å². The maximum atomic E-state index is 11.0. The first-order chi connectivity index (χ1) is 14.1. The van der Waals surface area contributed by atoms with Crippen LogP contribution in [0.1, 0.15) is 55.0 Å². The lowest BCUT2D eigenvalue weighted by molar-refractivity contribution is 0.425. The van der Waals surface area contributed by atoms with Crippen molar-refractivity contribution in [1.82, 2.24) is 9.97 Å². The van der Waals surface area contributed by atoms with Crippen LogP contribution in [0.4, 0.5) is 11.5 Å². The van der Waals surface area contributed by atoms with Crippen molar-refractivity contribution >= 4 is 11.5 Å². The molecule has 0 atom stereocenters. The molecule has 29 heavy (non-hydrogen) atoms. The lowest BCUT2D eigenvalue weighted by Gasteiger charge is -2.22. The van der Waals surface area contributed by atoms with Crippen molar-refractivity contribution in [2.75, 3.05) is 5.32 Å². The molecule has 0 bridgehead atoms. The number of hydrogen-bond acceptors (Lipinski definition) is 5. The van der Waals surface area contributed by atoms with Crippen molar-refractivity contribution in [3.05, 3.63) is 65.5 Å². The average molecular weight is 389 g/mol. The molecule has 1 aromatic heterocycles. The standard InChI is InChI=1S/C24H28N4O/c1-16-7-11-18(12-8-16)21-22(29)24(26-20-13-9-17(15-25)10-14-20)28-23(27-21)19-5-3-2-4-6-19/h7-14,19,29H,2-6,15,25H2,1H3,(H,26,27,28). The Morgan fingerprint density at radius 1 is 0.966 bits per heavy atom. The highest BCUT2D eigenvalue weighted by molar-refractivity contribution is 5.75. The molecular weight excluding hydrogens is 360 g/mol. The number of nitrogens with one attached hydrogen (secondary N) is 1. The molecule has 1 aliphatic rings. The maximum Gasteiger partial charge on any atom is 0.185 e. The highest BCUT2D eigenvalue weighted by atomic mass is 16.3. The van der Waals surface area contributed by atoms with Crippen molar-refractivity contribution in [2.45, 2.75) is 51.5 Å². The molecule has 5 heteroatoms. The van der Waals surface area contributed by atoms with E-state index in [-0.39, 0.29) is 5.75 Å². The Hall–Kier alpha value is -2.92. The van der Waals surface area contributed by atoms with Crippen molar-refractivity contribution in [3.63, 3.8) is 0 Å². The van der Waals surface area contributed by atoms with Crippen LogP contribution in [0.15, 0.2) is 48.5 Å². The lowest BCUT2D eigenvalue weighted by Crippen LogP contribution is -2.11. The van der Waals surface area contributed by atoms with Gasteiger partial charge in [-0.1, -0.05) is 61.2 Å². The van der Waals surface area contributed by atoms with Gasteiger partial charge in [-0.2, -0.15) is 0 Å². The summed E-state index contributed by atoms with van der Waals surface area (Å²) in [6.07, 6.45) is 5.89. The number of nitrogens with zero attached hydrogens (tertiary/aromatic N) is 2. The highest BCUT2D eigenvalue weighted by Crippen LogP contribution is 2.38. The third-order valence-electron chi connectivity index (χ3n) is 5.65. The zero-order chi connectivity index (χ0) is 20.2. The van der Waals surface area contributed by atoms with E-state index in [2.05, 4.69) is 12.2 Å². The molecule has 1 fully saturated rings. The van der Waals surface area contributed by atoms with E-state index >= 15 is 0 Å². The SMILES string of the molecule is Cc1ccc(-c2nc(C3CCCCC3)nc(Nc3ccc(CN)cc3)c2O)cc1. The third-order valence-corrected chi connectivity index (χ3v) is 5.65. The highest BCUT2D eigenvalue weighted by Gasteiger charge is 2.23. The van der Waals surface area contributed by atoms with Gasteiger partial charge in [-0.05, 0) is 37.5 Å². The molecule has 5 nitrogen and oxygen atoms in total. The predicted octanol–water partition coefficient (Wildman–Crippen LogP) is 5.41. The molecule has 0 aliphatic heterocycles. The number of aryl methyl sites for hydroxylation is 1. The Balaban J connectivity index is 1.75. The van der Waals surface area contributed by atoms with Crippen LogP contribution in [0.25, 0.3) is 11.3 Å². The normalized spacial score (nSPS) is 14.7. The molecule has 0 spiro atoms. The van der Waals surface area contributed by atoms with Crippen LogP contribution in [-0.4, -0.2) is 15.1 Å². The van der Waals surface area contributed by atoms with Crippen molar-refractivity contribution < 1.29 is 5.11 Å². The third kappa shape index (κ3) is 4.40. The fourth-order valence-corrected chi connectivity index (χ4v) is 3.88. The van der Waals surface area contributed by atoms with Crippen LogP contribution in [0.2, 0.25) is 0 Å². The largest absolute Gasteiger partial charge is 0.503 e. The molecule has 0 amide bonds. The molecule has 4 N–H and O–H groups in total. The van der Waals surface area contributed by atoms with E-state index in [0.717, 1.165) is 35.5 Å². The molecule has 0 saturated heterocycles. The van der Waals surface area contributed by atoms with Crippen LogP contribution in [0, 0.1) is 6.92 Å². The van der Waals surface area contributed by atoms with E-state index in [9.17, 15) is 5.11 Å². The summed E-state index contributed by atoms with van der Waals surface area (Å²) in [7, 11) is 0. The minimum Gasteiger partial charge on any atom is -0.503 e. The Kier molecular flexibility index (Phi) is 5.76. The number of rotatable bonds is 5. The Morgan fingerprint density at radius 2 is 1.66 bits per heavy atom. The second kappa shape index (κ2) is 8.62. The van der Waals surface area contributed by atoms with E-state index < -0.39 is 0 Å². The number of aromatic nitrogens is 2. The van der Waals surface area contributed by atoms with Crippen LogP contribution in [0.5, 0.6) is 5.75 Å². The molecule has 2 aromatic carbocycles. The molecule has 1 aliphatic carbocycles. The minimum atomic E-state index is 0.0799. The van der Waals surface area contributed by atoms with Gasteiger partial charge in [-0.25, -0.2) is 9.97 Å². The number of hydrogen-bond donors (Lipinski definition) is 3. The quantitative estimate of drug-likeness (QED) is 0.544. The lowest BCUT2D eigenvalue weighted by atomic mass is 9.88. The Bertz CT molecular complexity index is 961. The van der Waals surface area contributed by atoms with Gasteiger partial charge < -0.3 is 16.2 Å². The summed E-state index contributed by atoms with van der Waals surface area (Å²) in [6.45, 7) is 2.55. The molecule has 3 aromatic rings. The number of nitrogens with two attached hydrogens (primary N) is 1. The Morgan fingerprint density at radius 3 is 2.31 bits per heavy atom. The fourth-order valence-electron chi connectivity index (χ4n) is 3.88. The summed E-state index contributed by atoms with van der Waals surface area (Å²) >= 11 is 0. The van der Waals surface area contributed by atoms with E-state index in [1.54, 1.807) is 0 Å². The smallest absolute Gasteiger partial charge is 0.185 e. The van der Waals surface area contributed by atoms with Gasteiger partial charge in [0.2, 0.25) is 0 Å². The average Bonchev–Trinajstić information content (AvgIpc) is 2.77. The van der Waals surface area contributed by atoms with Crippen LogP contribution >= 0.6 is 0 Å². The van der Waals surface area contributed by atoms with Gasteiger partial charge in [0.15, 0.2) is 11.6 Å². The van der Waals surface area contributed by atoms with Gasteiger partial charge in [0, 0.05) is 23.7 Å². The molecule has 1 saturated carbocycles. The van der Waals surface area contributed by atoms with Gasteiger partial charge in [-0.3, -0.25) is 0 Å². The van der Waals surface area contributed by atoms with E-state index in [4.69, 9.17) is 15.7 Å². The second-order valence-corrected chi connectivity index (χ2v) is 7.85. The molecular formula is C24H28N4O. The van der Waals surface area contributed by atoms with Gasteiger partial charge in [0.05, 0.1) is 0 Å². The molecule has 0 unspecified atom stereocenters. The predicted molar refractivity (Wildman–Crippen MR) is 117 cm³/mol. The number of benzene rings is 2. The summed E-state index contributed by atoms with van der Waals surface area (Å²) in [5, 5.41) is 14.3. The van der Waals surface area contributed by atoms with Gasteiger partial charge >= 0.3 is 0 Å². The maximum absolute atomic E-state index is 11.0. The van der Waals surface area contributed by atoms with Crippen LogP contribution in [-0.2, 0) is 6.54 Å². The number of aromatic hydroxyl groups is 1. The van der Waals surface area contributed by atoms with Crippen molar-refractivity contribution in [1.29, 1.82) is 0 Å². The second-order valence-electron chi connectivity index (χ2n) is 7.85. The molecule has 1 heterocycles. The first-order valence-electron chi connectivity index (χ1n) is 10.4. The minimum absolute atomic E-state index is 0.0799. The van der Waals surface area contributed by atoms with Crippen molar-refractivity contribution in [2.24, 2.45) is 5.73 Å². The summed E-state index contributed by atoms with van der Waals surface area (Å²) in [4.78, 5) is 9.55. The monoisotopic (exact) mass is 388 g/mol. The van der Waals surface area contributed by atoms with E-state index in [1.165, 1.54) is 24.8 Å². The summed E-state index contributed by atoms with van der Waals surface area (Å²) in [6, 6.07) is 15.9. The molecule has 0 radical (unpaired) electrons. The molecule has 150 valence electrons. The van der Waals surface area contributed by atoms with E-state index in [0.29, 0.717) is 24.0 Å². The summed E-state index contributed by atoms with van der Waals surface area (Å²) in [5.41, 5.74) is 10.3.